The molecule has 2 saturated heterocycles. The fourth-order valence-electron chi connectivity index (χ4n) is 4.14. The first-order valence-corrected chi connectivity index (χ1v) is 11.1. The molecule has 0 unspecified atom stereocenters. The van der Waals surface area contributed by atoms with E-state index in [2.05, 4.69) is 46.9 Å². The molecule has 158 valence electrons. The van der Waals surface area contributed by atoms with Crippen LogP contribution in [0.4, 0.5) is 0 Å². The Labute approximate surface area is 171 Å². The predicted molar refractivity (Wildman–Crippen MR) is 116 cm³/mol. The second-order valence-corrected chi connectivity index (χ2v) is 8.61. The highest BCUT2D eigenvalue weighted by Crippen LogP contribution is 2.28. The summed E-state index contributed by atoms with van der Waals surface area (Å²) in [5, 5.41) is 0. The van der Waals surface area contributed by atoms with Crippen LogP contribution < -0.4 is 9.47 Å². The van der Waals surface area contributed by atoms with Gasteiger partial charge in [0.15, 0.2) is 11.5 Å². The quantitative estimate of drug-likeness (QED) is 0.647. The molecule has 0 aliphatic carbocycles. The van der Waals surface area contributed by atoms with Gasteiger partial charge in [-0.3, -0.25) is 4.90 Å². The largest absolute Gasteiger partial charge is 0.493 e. The number of aryl methyl sites for hydroxylation is 1. The molecule has 0 spiro atoms. The monoisotopic (exact) mass is 389 g/mol. The Morgan fingerprint density at radius 1 is 0.929 bits per heavy atom. The fourth-order valence-corrected chi connectivity index (χ4v) is 4.14. The Bertz CT molecular complexity index is 579. The Kier molecular flexibility index (Phi) is 8.44. The van der Waals surface area contributed by atoms with Crippen molar-refractivity contribution in [1.82, 2.24) is 14.7 Å². The van der Waals surface area contributed by atoms with Crippen LogP contribution in [0.2, 0.25) is 0 Å². The highest BCUT2D eigenvalue weighted by molar-refractivity contribution is 5.43. The molecule has 5 heteroatoms. The first-order valence-electron chi connectivity index (χ1n) is 11.1. The van der Waals surface area contributed by atoms with Crippen molar-refractivity contribution in [2.24, 2.45) is 5.92 Å². The van der Waals surface area contributed by atoms with Crippen molar-refractivity contribution in [1.29, 1.82) is 0 Å². The number of hydrogen-bond donors (Lipinski definition) is 0. The van der Waals surface area contributed by atoms with E-state index < -0.39 is 0 Å². The average molecular weight is 390 g/mol. The van der Waals surface area contributed by atoms with E-state index in [1.54, 1.807) is 7.11 Å². The number of nitrogens with zero attached hydrogens (tertiary/aromatic N) is 3. The van der Waals surface area contributed by atoms with Crippen molar-refractivity contribution in [3.05, 3.63) is 23.8 Å². The van der Waals surface area contributed by atoms with Crippen LogP contribution in [0.5, 0.6) is 11.5 Å². The number of hydrogen-bond acceptors (Lipinski definition) is 5. The van der Waals surface area contributed by atoms with Gasteiger partial charge in [0.2, 0.25) is 0 Å². The van der Waals surface area contributed by atoms with E-state index in [1.807, 2.05) is 0 Å². The second-order valence-electron chi connectivity index (χ2n) is 8.61. The maximum Gasteiger partial charge on any atom is 0.161 e. The van der Waals surface area contributed by atoms with Crippen LogP contribution in [0.1, 0.15) is 31.7 Å². The number of likely N-dealkylation sites (tertiary alicyclic amines) is 1. The fraction of sp³-hybridized carbons (Fsp3) is 0.739. The molecule has 2 aliphatic rings. The molecule has 28 heavy (non-hydrogen) atoms. The van der Waals surface area contributed by atoms with Crippen LogP contribution in [0.3, 0.4) is 0 Å². The lowest BCUT2D eigenvalue weighted by atomic mass is 9.99. The molecule has 3 rings (SSSR count). The smallest absolute Gasteiger partial charge is 0.161 e. The third-order valence-electron chi connectivity index (χ3n) is 6.31. The highest BCUT2D eigenvalue weighted by atomic mass is 16.5. The van der Waals surface area contributed by atoms with E-state index >= 15 is 0 Å². The Balaban J connectivity index is 1.40. The van der Waals surface area contributed by atoms with Gasteiger partial charge < -0.3 is 19.3 Å². The van der Waals surface area contributed by atoms with Crippen LogP contribution >= 0.6 is 0 Å². The van der Waals surface area contributed by atoms with Gasteiger partial charge in [0.05, 0.1) is 7.11 Å². The van der Waals surface area contributed by atoms with Gasteiger partial charge in [-0.25, -0.2) is 0 Å². The molecule has 0 bridgehead atoms. The van der Waals surface area contributed by atoms with Gasteiger partial charge in [0.25, 0.3) is 0 Å². The first-order chi connectivity index (χ1) is 13.6. The average Bonchev–Trinajstić information content (AvgIpc) is 2.71. The predicted octanol–water partition coefficient (Wildman–Crippen LogP) is 2.99. The topological polar surface area (TPSA) is 28.2 Å². The number of likely N-dealkylation sites (N-methyl/N-ethyl adjacent to an activating group) is 1. The van der Waals surface area contributed by atoms with Crippen molar-refractivity contribution in [2.45, 2.75) is 32.6 Å². The summed E-state index contributed by atoms with van der Waals surface area (Å²) >= 11 is 0. The van der Waals surface area contributed by atoms with Crippen molar-refractivity contribution in [2.75, 3.05) is 73.1 Å². The van der Waals surface area contributed by atoms with E-state index in [1.165, 1.54) is 70.6 Å². The summed E-state index contributed by atoms with van der Waals surface area (Å²) < 4.78 is 11.6. The molecule has 2 fully saturated rings. The third kappa shape index (κ3) is 6.64. The summed E-state index contributed by atoms with van der Waals surface area (Å²) in [5.74, 6) is 2.61. The van der Waals surface area contributed by atoms with Crippen LogP contribution in [-0.2, 0) is 6.42 Å². The minimum absolute atomic E-state index is 0.730. The zero-order chi connectivity index (χ0) is 19.8. The molecule has 0 N–H and O–H groups in total. The molecule has 0 aromatic heterocycles. The van der Waals surface area contributed by atoms with Gasteiger partial charge in [0, 0.05) is 32.7 Å². The van der Waals surface area contributed by atoms with Crippen LogP contribution in [0.25, 0.3) is 0 Å². The molecular weight excluding hydrogens is 350 g/mol. The van der Waals surface area contributed by atoms with E-state index in [0.717, 1.165) is 37.0 Å². The molecule has 2 heterocycles. The van der Waals surface area contributed by atoms with Gasteiger partial charge >= 0.3 is 0 Å². The van der Waals surface area contributed by atoms with E-state index in [4.69, 9.17) is 9.47 Å². The maximum absolute atomic E-state index is 6.04. The summed E-state index contributed by atoms with van der Waals surface area (Å²) in [6.45, 7) is 12.4. The Morgan fingerprint density at radius 2 is 1.64 bits per heavy atom. The van der Waals surface area contributed by atoms with E-state index in [-0.39, 0.29) is 0 Å². The zero-order valence-corrected chi connectivity index (χ0v) is 18.2. The third-order valence-corrected chi connectivity index (χ3v) is 6.31. The van der Waals surface area contributed by atoms with E-state index in [9.17, 15) is 0 Å². The first kappa shape index (κ1) is 21.4. The lowest BCUT2D eigenvalue weighted by molar-refractivity contribution is 0.153. The number of methoxy groups -OCH3 is 1. The van der Waals surface area contributed by atoms with Crippen molar-refractivity contribution in [3.63, 3.8) is 0 Å². The van der Waals surface area contributed by atoms with E-state index in [0.29, 0.717) is 0 Å². The van der Waals surface area contributed by atoms with Crippen molar-refractivity contribution < 1.29 is 9.47 Å². The number of piperidine rings is 1. The SMILES string of the molecule is COc1cc(CCCN2CCN(C)CC2)ccc1OCCN1CCC(C)CC1. The van der Waals surface area contributed by atoms with Gasteiger partial charge in [-0.1, -0.05) is 13.0 Å². The maximum atomic E-state index is 6.04. The second kappa shape index (κ2) is 11.0. The zero-order valence-electron chi connectivity index (χ0n) is 18.2. The Hall–Kier alpha value is -1.30. The number of piperazine rings is 1. The Morgan fingerprint density at radius 3 is 2.36 bits per heavy atom. The van der Waals surface area contributed by atoms with Gasteiger partial charge in [-0.2, -0.15) is 0 Å². The minimum atomic E-state index is 0.730. The molecular formula is C23H39N3O2. The van der Waals surface area contributed by atoms with Crippen molar-refractivity contribution in [3.8, 4) is 11.5 Å². The molecule has 0 radical (unpaired) electrons. The molecule has 1 aromatic rings. The van der Waals surface area contributed by atoms with Crippen LogP contribution in [-0.4, -0.2) is 87.8 Å². The number of ether oxygens (including phenoxy) is 2. The van der Waals surface area contributed by atoms with Crippen LogP contribution in [0.15, 0.2) is 18.2 Å². The summed E-state index contributed by atoms with van der Waals surface area (Å²) in [6, 6.07) is 6.44. The lowest BCUT2D eigenvalue weighted by Crippen LogP contribution is -2.44. The molecule has 2 aliphatic heterocycles. The molecule has 0 amide bonds. The normalized spacial score (nSPS) is 20.4. The van der Waals surface area contributed by atoms with Gasteiger partial charge in [0.1, 0.15) is 6.61 Å². The number of benzene rings is 1. The van der Waals surface area contributed by atoms with Gasteiger partial charge in [-0.15, -0.1) is 0 Å². The summed E-state index contributed by atoms with van der Waals surface area (Å²) in [6.07, 6.45) is 4.91. The molecule has 1 aromatic carbocycles. The standard InChI is InChI=1S/C23H39N3O2/c1-20-8-11-26(12-9-20)17-18-28-22-7-6-21(19-23(22)27-3)5-4-10-25-15-13-24(2)14-16-25/h6-7,19-20H,4-5,8-18H2,1-3H3. The minimum Gasteiger partial charge on any atom is -0.493 e. The van der Waals surface area contributed by atoms with Gasteiger partial charge in [-0.05, 0) is 76.0 Å². The highest BCUT2D eigenvalue weighted by Gasteiger charge is 2.16. The molecule has 0 atom stereocenters. The van der Waals surface area contributed by atoms with Crippen LogP contribution in [0, 0.1) is 5.92 Å². The number of rotatable bonds is 9. The lowest BCUT2D eigenvalue weighted by Gasteiger charge is -2.32. The summed E-state index contributed by atoms with van der Waals surface area (Å²) in [4.78, 5) is 7.50. The summed E-state index contributed by atoms with van der Waals surface area (Å²) in [5.41, 5.74) is 1.34. The molecule has 0 saturated carbocycles. The van der Waals surface area contributed by atoms with Crippen molar-refractivity contribution >= 4 is 0 Å². The molecule has 5 nitrogen and oxygen atoms in total. The summed E-state index contributed by atoms with van der Waals surface area (Å²) in [7, 11) is 3.95.